The molecule has 0 bridgehead atoms. The number of para-hydroxylation sites is 1. The maximum Gasteiger partial charge on any atom is 0.246 e. The van der Waals surface area contributed by atoms with Gasteiger partial charge in [0, 0.05) is 11.3 Å². The number of aliphatic hydroxyl groups is 2. The molecule has 0 aromatic heterocycles. The van der Waals surface area contributed by atoms with Gasteiger partial charge in [0.1, 0.15) is 23.3 Å². The van der Waals surface area contributed by atoms with E-state index in [4.69, 9.17) is 0 Å². The van der Waals surface area contributed by atoms with Crippen LogP contribution in [0.25, 0.3) is 0 Å². The van der Waals surface area contributed by atoms with Crippen molar-refractivity contribution < 1.29 is 15.0 Å². The fraction of sp³-hybridized carbons (Fsp3) is 0.0714. The number of fused-ring (bicyclic) bond motifs is 2. The molecule has 110 valence electrons. The van der Waals surface area contributed by atoms with E-state index in [0.717, 1.165) is 0 Å². The molecule has 2 aliphatic rings. The number of nitrogens with zero attached hydrogens (tertiary/aromatic N) is 2. The van der Waals surface area contributed by atoms with E-state index < -0.39 is 23.1 Å². The predicted molar refractivity (Wildman–Crippen MR) is 75.4 cm³/mol. The third-order valence-electron chi connectivity index (χ3n) is 3.60. The average molecular weight is 297 g/mol. The summed E-state index contributed by atoms with van der Waals surface area (Å²) in [6.45, 7) is 0. The topological polar surface area (TPSA) is 164 Å². The summed E-state index contributed by atoms with van der Waals surface area (Å²) in [5.74, 6) is -1.97. The van der Waals surface area contributed by atoms with Gasteiger partial charge in [0.25, 0.3) is 0 Å². The minimum atomic E-state index is -1.83. The Labute approximate surface area is 125 Å². The van der Waals surface area contributed by atoms with Gasteiger partial charge < -0.3 is 21.7 Å². The van der Waals surface area contributed by atoms with E-state index in [0.29, 0.717) is 11.3 Å². The number of hydrogen-bond acceptors (Lipinski definition) is 7. The highest BCUT2D eigenvalue weighted by atomic mass is 16.3. The number of rotatable bonds is 0. The third-order valence-corrected chi connectivity index (χ3v) is 3.60. The summed E-state index contributed by atoms with van der Waals surface area (Å²) >= 11 is 0. The second-order valence-electron chi connectivity index (χ2n) is 4.55. The lowest BCUT2D eigenvalue weighted by Gasteiger charge is -2.30. The summed E-state index contributed by atoms with van der Waals surface area (Å²) in [6.07, 6.45) is 0. The molecule has 7 N–H and O–H groups in total. The monoisotopic (exact) mass is 297 g/mol. The fourth-order valence-corrected chi connectivity index (χ4v) is 2.74. The maximum atomic E-state index is 12.5. The first-order valence-electron chi connectivity index (χ1n) is 5.93. The van der Waals surface area contributed by atoms with Gasteiger partial charge in [0.05, 0.1) is 0 Å². The lowest BCUT2D eigenvalue weighted by molar-refractivity contribution is -0.118. The number of aliphatic hydroxyl groups excluding tert-OH is 2. The third kappa shape index (κ3) is 1.50. The van der Waals surface area contributed by atoms with Crippen molar-refractivity contribution in [1.29, 1.82) is 10.5 Å². The second-order valence-corrected chi connectivity index (χ2v) is 4.55. The molecule has 1 aromatic carbocycles. The number of hydrogen-bond donors (Lipinski definition) is 5. The molecule has 1 spiro atoms. The minimum absolute atomic E-state index is 0. The quantitative estimate of drug-likeness (QED) is 0.480. The molecule has 0 radical (unpaired) electrons. The molecule has 0 saturated heterocycles. The summed E-state index contributed by atoms with van der Waals surface area (Å²) < 4.78 is 0. The van der Waals surface area contributed by atoms with Crippen LogP contribution in [0.15, 0.2) is 47.2 Å². The fourth-order valence-electron chi connectivity index (χ4n) is 2.74. The second kappa shape index (κ2) is 4.81. The van der Waals surface area contributed by atoms with Gasteiger partial charge in [0.2, 0.25) is 17.7 Å². The Morgan fingerprint density at radius 1 is 1.00 bits per heavy atom. The Morgan fingerprint density at radius 3 is 2.09 bits per heavy atom. The Morgan fingerprint density at radius 2 is 1.55 bits per heavy atom. The van der Waals surface area contributed by atoms with Crippen molar-refractivity contribution in [1.82, 2.24) is 11.5 Å². The van der Waals surface area contributed by atoms with E-state index in [1.165, 1.54) is 0 Å². The maximum absolute atomic E-state index is 12.5. The first-order valence-corrected chi connectivity index (χ1v) is 5.93. The molecule has 1 amide bonds. The number of carbonyl (C=O) groups excluding carboxylic acids is 1. The van der Waals surface area contributed by atoms with Crippen LogP contribution < -0.4 is 16.8 Å². The summed E-state index contributed by atoms with van der Waals surface area (Å²) in [7, 11) is 0. The molecular weight excluding hydrogens is 286 g/mol. The molecule has 0 saturated carbocycles. The lowest BCUT2D eigenvalue weighted by atomic mass is 9.69. The van der Waals surface area contributed by atoms with Gasteiger partial charge in [0.15, 0.2) is 5.41 Å². The van der Waals surface area contributed by atoms with Crippen molar-refractivity contribution in [2.24, 2.45) is 0 Å². The van der Waals surface area contributed by atoms with E-state index in [9.17, 15) is 25.5 Å². The number of amides is 1. The number of nitriles is 2. The molecular formula is C14H11N5O3. The standard InChI is InChI=1S/C14H8N4O3.H3N/c15-5-8-11(19)18-12(20)9(6-16)14(8)7-3-1-2-4-10(7)17-13(14)21;/h1-4,18-20H,(H,17,21);1H3. The van der Waals surface area contributed by atoms with Gasteiger partial charge >= 0.3 is 0 Å². The first-order chi connectivity index (χ1) is 10.1. The highest BCUT2D eigenvalue weighted by Gasteiger charge is 2.58. The van der Waals surface area contributed by atoms with Crippen LogP contribution in [0.3, 0.4) is 0 Å². The summed E-state index contributed by atoms with van der Waals surface area (Å²) in [4.78, 5) is 12.5. The van der Waals surface area contributed by atoms with E-state index in [2.05, 4.69) is 10.6 Å². The van der Waals surface area contributed by atoms with E-state index in [-0.39, 0.29) is 17.3 Å². The predicted octanol–water partition coefficient (Wildman–Crippen LogP) is 1.23. The largest absolute Gasteiger partial charge is 0.494 e. The van der Waals surface area contributed by atoms with Crippen molar-refractivity contribution in [3.63, 3.8) is 0 Å². The van der Waals surface area contributed by atoms with Crippen molar-refractivity contribution in [3.05, 3.63) is 52.7 Å². The molecule has 0 fully saturated rings. The van der Waals surface area contributed by atoms with Crippen LogP contribution in [0.4, 0.5) is 5.69 Å². The molecule has 2 aliphatic heterocycles. The van der Waals surface area contributed by atoms with Gasteiger partial charge in [-0.2, -0.15) is 10.5 Å². The summed E-state index contributed by atoms with van der Waals surface area (Å²) in [5.41, 5.74) is -1.74. The molecule has 22 heavy (non-hydrogen) atoms. The number of dihydropyridines is 1. The lowest BCUT2D eigenvalue weighted by Crippen LogP contribution is -2.44. The zero-order valence-corrected chi connectivity index (χ0v) is 11.2. The Kier molecular flexibility index (Phi) is 3.26. The Bertz CT molecular complexity index is 790. The van der Waals surface area contributed by atoms with Crippen LogP contribution in [-0.4, -0.2) is 16.1 Å². The molecule has 3 rings (SSSR count). The van der Waals surface area contributed by atoms with Crippen molar-refractivity contribution >= 4 is 11.6 Å². The number of nitrogens with one attached hydrogen (secondary N) is 2. The van der Waals surface area contributed by atoms with E-state index >= 15 is 0 Å². The van der Waals surface area contributed by atoms with Crippen LogP contribution in [0.5, 0.6) is 0 Å². The van der Waals surface area contributed by atoms with Crippen molar-refractivity contribution in [3.8, 4) is 12.1 Å². The van der Waals surface area contributed by atoms with Crippen LogP contribution in [0.2, 0.25) is 0 Å². The molecule has 2 heterocycles. The normalized spacial score (nSPS) is 17.8. The van der Waals surface area contributed by atoms with Crippen LogP contribution >= 0.6 is 0 Å². The molecule has 1 aromatic rings. The molecule has 0 atom stereocenters. The van der Waals surface area contributed by atoms with Gasteiger partial charge in [-0.1, -0.05) is 18.2 Å². The van der Waals surface area contributed by atoms with Crippen LogP contribution in [0.1, 0.15) is 5.56 Å². The highest BCUT2D eigenvalue weighted by Crippen LogP contribution is 2.49. The Balaban J connectivity index is 0.00000176. The van der Waals surface area contributed by atoms with Crippen molar-refractivity contribution in [2.45, 2.75) is 5.41 Å². The SMILES string of the molecule is N.N#CC1=C(O)NC(O)=C(C#N)C12C(=O)Nc1ccccc12. The number of anilines is 1. The zero-order valence-electron chi connectivity index (χ0n) is 11.2. The molecule has 8 nitrogen and oxygen atoms in total. The average Bonchev–Trinajstić information content (AvgIpc) is 2.73. The smallest absolute Gasteiger partial charge is 0.246 e. The Hall–Kier alpha value is -3.49. The minimum Gasteiger partial charge on any atom is -0.494 e. The van der Waals surface area contributed by atoms with E-state index in [1.807, 2.05) is 0 Å². The van der Waals surface area contributed by atoms with Crippen molar-refractivity contribution in [2.75, 3.05) is 5.32 Å². The molecule has 8 heteroatoms. The number of benzene rings is 1. The van der Waals surface area contributed by atoms with Crippen LogP contribution in [0, 0.1) is 22.7 Å². The van der Waals surface area contributed by atoms with Gasteiger partial charge in [-0.25, -0.2) is 0 Å². The molecule has 0 aliphatic carbocycles. The number of carbonyl (C=O) groups is 1. The first kappa shape index (κ1) is 14.9. The van der Waals surface area contributed by atoms with Crippen LogP contribution in [-0.2, 0) is 10.2 Å². The zero-order chi connectivity index (χ0) is 15.2. The highest BCUT2D eigenvalue weighted by molar-refractivity contribution is 6.12. The summed E-state index contributed by atoms with van der Waals surface area (Å²) in [5, 5.41) is 43.1. The van der Waals surface area contributed by atoms with E-state index in [1.54, 1.807) is 36.4 Å². The summed E-state index contributed by atoms with van der Waals surface area (Å²) in [6, 6.07) is 10.0. The van der Waals surface area contributed by atoms with Gasteiger partial charge in [-0.3, -0.25) is 10.1 Å². The molecule has 0 unspecified atom stereocenters. The van der Waals surface area contributed by atoms with Gasteiger partial charge in [-0.05, 0) is 6.07 Å². The van der Waals surface area contributed by atoms with Gasteiger partial charge in [-0.15, -0.1) is 0 Å².